The first-order valence-electron chi connectivity index (χ1n) is 8.74. The second kappa shape index (κ2) is 8.89. The van der Waals surface area contributed by atoms with Crippen LogP contribution in [0, 0.1) is 6.92 Å². The van der Waals surface area contributed by atoms with Gasteiger partial charge in [-0.1, -0.05) is 30.3 Å². The minimum Gasteiger partial charge on any atom is -0.353 e. The first kappa shape index (κ1) is 17.8. The van der Waals surface area contributed by atoms with Crippen molar-refractivity contribution in [2.75, 3.05) is 11.5 Å². The largest absolute Gasteiger partial charge is 0.353 e. The molecule has 25 heavy (non-hydrogen) atoms. The zero-order chi connectivity index (χ0) is 17.5. The van der Waals surface area contributed by atoms with Crippen LogP contribution in [0.3, 0.4) is 0 Å². The summed E-state index contributed by atoms with van der Waals surface area (Å²) in [6.45, 7) is 3.23. The van der Waals surface area contributed by atoms with Gasteiger partial charge in [0, 0.05) is 18.8 Å². The number of nitrogens with one attached hydrogen (secondary N) is 2. The fourth-order valence-corrected chi connectivity index (χ4v) is 3.79. The monoisotopic (exact) mass is 358 g/mol. The topological polar surface area (TPSA) is 67.1 Å². The van der Waals surface area contributed by atoms with Crippen LogP contribution in [0.4, 0.5) is 0 Å². The SMILES string of the molecule is Cc1nnc(CNC(=NCc2ccccc2)NC2CCCSC2)n1C. The van der Waals surface area contributed by atoms with Gasteiger partial charge >= 0.3 is 0 Å². The van der Waals surface area contributed by atoms with Crippen molar-refractivity contribution in [1.29, 1.82) is 0 Å². The van der Waals surface area contributed by atoms with Gasteiger partial charge in [-0.15, -0.1) is 10.2 Å². The Bertz CT molecular complexity index is 691. The van der Waals surface area contributed by atoms with E-state index < -0.39 is 0 Å². The van der Waals surface area contributed by atoms with Crippen LogP contribution in [-0.2, 0) is 20.1 Å². The number of rotatable bonds is 5. The molecule has 7 heteroatoms. The summed E-state index contributed by atoms with van der Waals surface area (Å²) in [5.41, 5.74) is 1.20. The summed E-state index contributed by atoms with van der Waals surface area (Å²) in [6.07, 6.45) is 2.46. The maximum absolute atomic E-state index is 4.77. The lowest BCUT2D eigenvalue weighted by atomic mass is 10.2. The summed E-state index contributed by atoms with van der Waals surface area (Å²) >= 11 is 2.01. The predicted octanol–water partition coefficient (Wildman–Crippen LogP) is 2.25. The van der Waals surface area contributed by atoms with Gasteiger partial charge in [0.25, 0.3) is 0 Å². The highest BCUT2D eigenvalue weighted by atomic mass is 32.2. The minimum absolute atomic E-state index is 0.474. The van der Waals surface area contributed by atoms with Crippen LogP contribution >= 0.6 is 11.8 Å². The van der Waals surface area contributed by atoms with Gasteiger partial charge in [0.1, 0.15) is 5.82 Å². The highest BCUT2D eigenvalue weighted by molar-refractivity contribution is 7.99. The fraction of sp³-hybridized carbons (Fsp3) is 0.500. The smallest absolute Gasteiger partial charge is 0.192 e. The van der Waals surface area contributed by atoms with Crippen molar-refractivity contribution in [3.63, 3.8) is 0 Å². The molecule has 0 saturated carbocycles. The average molecular weight is 359 g/mol. The molecule has 0 amide bonds. The number of nitrogens with zero attached hydrogens (tertiary/aromatic N) is 4. The number of hydrogen-bond donors (Lipinski definition) is 2. The van der Waals surface area contributed by atoms with Gasteiger partial charge in [-0.25, -0.2) is 4.99 Å². The molecule has 2 N–H and O–H groups in total. The van der Waals surface area contributed by atoms with E-state index in [1.807, 2.05) is 48.5 Å². The minimum atomic E-state index is 0.474. The molecular formula is C18H26N6S. The second-order valence-electron chi connectivity index (χ2n) is 6.28. The number of aryl methyl sites for hydroxylation is 1. The molecule has 1 saturated heterocycles. The Labute approximate surface area is 153 Å². The Morgan fingerprint density at radius 2 is 2.16 bits per heavy atom. The number of aromatic nitrogens is 3. The average Bonchev–Trinajstić information content (AvgIpc) is 2.97. The van der Waals surface area contributed by atoms with Crippen LogP contribution in [0.1, 0.15) is 30.1 Å². The maximum Gasteiger partial charge on any atom is 0.192 e. The molecule has 1 unspecified atom stereocenters. The molecule has 1 aromatic carbocycles. The molecule has 0 spiro atoms. The lowest BCUT2D eigenvalue weighted by molar-refractivity contribution is 0.578. The van der Waals surface area contributed by atoms with E-state index in [1.165, 1.54) is 24.2 Å². The Morgan fingerprint density at radius 3 is 2.84 bits per heavy atom. The van der Waals surface area contributed by atoms with Crippen LogP contribution in [0.2, 0.25) is 0 Å². The van der Waals surface area contributed by atoms with E-state index in [-0.39, 0.29) is 0 Å². The third-order valence-corrected chi connectivity index (χ3v) is 5.58. The normalized spacial score (nSPS) is 18.2. The number of thioether (sulfide) groups is 1. The standard InChI is InChI=1S/C18H26N6S/c1-14-22-23-17(24(14)2)12-20-18(21-16-9-6-10-25-13-16)19-11-15-7-4-3-5-8-15/h3-5,7-8,16H,6,9-13H2,1-2H3,(H2,19,20,21). The number of guanidine groups is 1. The molecule has 0 radical (unpaired) electrons. The van der Waals surface area contributed by atoms with Crippen LogP contribution in [0.25, 0.3) is 0 Å². The van der Waals surface area contributed by atoms with Gasteiger partial charge in [0.2, 0.25) is 0 Å². The third kappa shape index (κ3) is 5.22. The number of hydrogen-bond acceptors (Lipinski definition) is 4. The molecule has 6 nitrogen and oxygen atoms in total. The van der Waals surface area contributed by atoms with E-state index in [2.05, 4.69) is 33.0 Å². The first-order chi connectivity index (χ1) is 12.2. The Kier molecular flexibility index (Phi) is 6.33. The zero-order valence-electron chi connectivity index (χ0n) is 14.9. The molecule has 3 rings (SSSR count). The van der Waals surface area contributed by atoms with Gasteiger partial charge in [-0.2, -0.15) is 11.8 Å². The third-order valence-electron chi connectivity index (χ3n) is 4.36. The lowest BCUT2D eigenvalue weighted by Crippen LogP contribution is -2.45. The zero-order valence-corrected chi connectivity index (χ0v) is 15.7. The lowest BCUT2D eigenvalue weighted by Gasteiger charge is -2.24. The molecule has 2 aromatic rings. The second-order valence-corrected chi connectivity index (χ2v) is 7.43. The van der Waals surface area contributed by atoms with Gasteiger partial charge in [0.15, 0.2) is 11.8 Å². The van der Waals surface area contributed by atoms with Crippen molar-refractivity contribution in [3.05, 3.63) is 47.5 Å². The molecule has 0 aliphatic carbocycles. The van der Waals surface area contributed by atoms with E-state index in [0.29, 0.717) is 19.1 Å². The quantitative estimate of drug-likeness (QED) is 0.634. The van der Waals surface area contributed by atoms with Crippen molar-refractivity contribution >= 4 is 17.7 Å². The van der Waals surface area contributed by atoms with Crippen molar-refractivity contribution in [2.24, 2.45) is 12.0 Å². The summed E-state index contributed by atoms with van der Waals surface area (Å²) in [4.78, 5) is 4.77. The van der Waals surface area contributed by atoms with E-state index in [0.717, 1.165) is 23.4 Å². The molecule has 1 aromatic heterocycles. The molecule has 1 fully saturated rings. The maximum atomic E-state index is 4.77. The van der Waals surface area contributed by atoms with Gasteiger partial charge in [-0.05, 0) is 31.1 Å². The van der Waals surface area contributed by atoms with Crippen LogP contribution in [0.15, 0.2) is 35.3 Å². The van der Waals surface area contributed by atoms with Crippen molar-refractivity contribution in [1.82, 2.24) is 25.4 Å². The van der Waals surface area contributed by atoms with E-state index >= 15 is 0 Å². The molecule has 134 valence electrons. The number of aliphatic imine (C=N–C) groups is 1. The summed E-state index contributed by atoms with van der Waals surface area (Å²) in [6, 6.07) is 10.8. The van der Waals surface area contributed by atoms with Crippen LogP contribution < -0.4 is 10.6 Å². The highest BCUT2D eigenvalue weighted by Crippen LogP contribution is 2.16. The molecule has 1 atom stereocenters. The Hall–Kier alpha value is -2.02. The summed E-state index contributed by atoms with van der Waals surface area (Å²) < 4.78 is 2.00. The van der Waals surface area contributed by atoms with Crippen molar-refractivity contribution < 1.29 is 0 Å². The summed E-state index contributed by atoms with van der Waals surface area (Å²) in [5.74, 6) is 5.06. The Balaban J connectivity index is 1.65. The van der Waals surface area contributed by atoms with Gasteiger partial charge in [0.05, 0.1) is 13.1 Å². The van der Waals surface area contributed by atoms with Crippen molar-refractivity contribution in [2.45, 2.75) is 38.9 Å². The fourth-order valence-electron chi connectivity index (χ4n) is 2.72. The van der Waals surface area contributed by atoms with Crippen molar-refractivity contribution in [3.8, 4) is 0 Å². The summed E-state index contributed by atoms with van der Waals surface area (Å²) in [7, 11) is 1.98. The van der Waals surface area contributed by atoms with Crippen LogP contribution in [-0.4, -0.2) is 38.3 Å². The molecule has 1 aliphatic rings. The van der Waals surface area contributed by atoms with Crippen LogP contribution in [0.5, 0.6) is 0 Å². The molecule has 2 heterocycles. The predicted molar refractivity (Wildman–Crippen MR) is 104 cm³/mol. The van der Waals surface area contributed by atoms with E-state index in [9.17, 15) is 0 Å². The van der Waals surface area contributed by atoms with Gasteiger partial charge in [-0.3, -0.25) is 0 Å². The highest BCUT2D eigenvalue weighted by Gasteiger charge is 2.15. The molecular weight excluding hydrogens is 332 g/mol. The molecule has 0 bridgehead atoms. The molecule has 1 aliphatic heterocycles. The van der Waals surface area contributed by atoms with E-state index in [4.69, 9.17) is 4.99 Å². The Morgan fingerprint density at radius 1 is 1.32 bits per heavy atom. The summed E-state index contributed by atoms with van der Waals surface area (Å²) in [5, 5.41) is 15.3. The van der Waals surface area contributed by atoms with Gasteiger partial charge < -0.3 is 15.2 Å². The number of benzene rings is 1. The first-order valence-corrected chi connectivity index (χ1v) is 9.89. The van der Waals surface area contributed by atoms with E-state index in [1.54, 1.807) is 0 Å².